The zero-order chi connectivity index (χ0) is 7.40. The van der Waals surface area contributed by atoms with Gasteiger partial charge in [-0.3, -0.25) is 0 Å². The number of carbonyl (C=O) groups excluding carboxylic acids is 1. The van der Waals surface area contributed by atoms with Crippen LogP contribution in [0.15, 0.2) is 0 Å². The smallest absolute Gasteiger partial charge is 0.148 e. The Bertz CT molecular complexity index is 107. The Kier molecular flexibility index (Phi) is 2.83. The molecule has 0 spiro atoms. The summed E-state index contributed by atoms with van der Waals surface area (Å²) in [7, 11) is 0. The van der Waals surface area contributed by atoms with Crippen molar-refractivity contribution in [1.82, 2.24) is 0 Å². The molecule has 3 nitrogen and oxygen atoms in total. The van der Waals surface area contributed by atoms with Gasteiger partial charge in [0.1, 0.15) is 12.4 Å². The van der Waals surface area contributed by atoms with Crippen molar-refractivity contribution in [2.45, 2.75) is 25.6 Å². The van der Waals surface area contributed by atoms with Crippen LogP contribution in [0.2, 0.25) is 0 Å². The Hall–Kier alpha value is -0.410. The second-order valence-electron chi connectivity index (χ2n) is 2.46. The lowest BCUT2D eigenvalue weighted by Gasteiger charge is -2.11. The van der Waals surface area contributed by atoms with Crippen LogP contribution in [0, 0.1) is 0 Å². The van der Waals surface area contributed by atoms with Crippen LogP contribution in [-0.4, -0.2) is 31.7 Å². The number of aldehydes is 1. The highest BCUT2D eigenvalue weighted by molar-refractivity contribution is 5.55. The molecule has 58 valence electrons. The first-order chi connectivity index (χ1) is 4.83. The molecular weight excluding hydrogens is 132 g/mol. The maximum atomic E-state index is 10.1. The van der Waals surface area contributed by atoms with Crippen molar-refractivity contribution in [2.24, 2.45) is 0 Å². The third-order valence-electron chi connectivity index (χ3n) is 1.49. The van der Waals surface area contributed by atoms with E-state index in [0.29, 0.717) is 6.61 Å². The highest BCUT2D eigenvalue weighted by atomic mass is 16.6. The fourth-order valence-corrected chi connectivity index (χ4v) is 0.956. The lowest BCUT2D eigenvalue weighted by Crippen LogP contribution is -2.20. The van der Waals surface area contributed by atoms with Gasteiger partial charge in [0, 0.05) is 6.61 Å². The molecule has 1 rings (SSSR count). The maximum absolute atomic E-state index is 10.1. The first-order valence-electron chi connectivity index (χ1n) is 3.51. The highest BCUT2D eigenvalue weighted by Crippen LogP contribution is 2.09. The van der Waals surface area contributed by atoms with Crippen LogP contribution in [-0.2, 0) is 14.3 Å². The van der Waals surface area contributed by atoms with E-state index in [1.165, 1.54) is 0 Å². The van der Waals surface area contributed by atoms with Crippen molar-refractivity contribution in [3.8, 4) is 0 Å². The number of hydrogen-bond acceptors (Lipinski definition) is 3. The molecule has 0 radical (unpaired) electrons. The van der Waals surface area contributed by atoms with Crippen molar-refractivity contribution >= 4 is 6.29 Å². The van der Waals surface area contributed by atoms with E-state index in [2.05, 4.69) is 0 Å². The van der Waals surface area contributed by atoms with Crippen LogP contribution >= 0.6 is 0 Å². The largest absolute Gasteiger partial charge is 0.379 e. The van der Waals surface area contributed by atoms with Crippen molar-refractivity contribution in [1.29, 1.82) is 0 Å². The molecular formula is C7H12O3. The average molecular weight is 144 g/mol. The van der Waals surface area contributed by atoms with Crippen LogP contribution in [0.3, 0.4) is 0 Å². The molecule has 1 aliphatic heterocycles. The van der Waals surface area contributed by atoms with E-state index in [0.717, 1.165) is 19.3 Å². The Morgan fingerprint density at radius 1 is 1.80 bits per heavy atom. The minimum Gasteiger partial charge on any atom is -0.379 e. The minimum atomic E-state index is -0.285. The summed E-state index contributed by atoms with van der Waals surface area (Å²) in [6.45, 7) is 3.14. The van der Waals surface area contributed by atoms with E-state index in [1.807, 2.05) is 0 Å². The molecule has 2 atom stereocenters. The van der Waals surface area contributed by atoms with Crippen molar-refractivity contribution in [3.05, 3.63) is 0 Å². The lowest BCUT2D eigenvalue weighted by atomic mass is 10.3. The second kappa shape index (κ2) is 3.68. The summed E-state index contributed by atoms with van der Waals surface area (Å²) >= 11 is 0. The van der Waals surface area contributed by atoms with Crippen molar-refractivity contribution in [3.63, 3.8) is 0 Å². The lowest BCUT2D eigenvalue weighted by molar-refractivity contribution is -0.120. The molecule has 1 fully saturated rings. The highest BCUT2D eigenvalue weighted by Gasteiger charge is 2.17. The SMILES string of the molecule is C[C@@H](C=O)OC1CCOC1. The molecule has 10 heavy (non-hydrogen) atoms. The zero-order valence-corrected chi connectivity index (χ0v) is 6.08. The van der Waals surface area contributed by atoms with Crippen LogP contribution in [0.1, 0.15) is 13.3 Å². The van der Waals surface area contributed by atoms with Gasteiger partial charge in [-0.15, -0.1) is 0 Å². The fourth-order valence-electron chi connectivity index (χ4n) is 0.956. The molecule has 0 aromatic heterocycles. The Labute approximate surface area is 60.3 Å². The molecule has 0 aliphatic carbocycles. The molecule has 0 saturated carbocycles. The number of ether oxygens (including phenoxy) is 2. The quantitative estimate of drug-likeness (QED) is 0.537. The average Bonchev–Trinajstić information content (AvgIpc) is 2.40. The zero-order valence-electron chi connectivity index (χ0n) is 6.08. The molecule has 0 bridgehead atoms. The van der Waals surface area contributed by atoms with E-state index in [-0.39, 0.29) is 12.2 Å². The van der Waals surface area contributed by atoms with Crippen LogP contribution in [0.25, 0.3) is 0 Å². The summed E-state index contributed by atoms with van der Waals surface area (Å²) in [5.74, 6) is 0. The molecule has 1 saturated heterocycles. The van der Waals surface area contributed by atoms with Gasteiger partial charge in [-0.05, 0) is 13.3 Å². The van der Waals surface area contributed by atoms with E-state index < -0.39 is 0 Å². The predicted molar refractivity (Wildman–Crippen MR) is 35.8 cm³/mol. The number of hydrogen-bond donors (Lipinski definition) is 0. The van der Waals surface area contributed by atoms with Gasteiger partial charge in [-0.1, -0.05) is 0 Å². The molecule has 0 amide bonds. The molecule has 0 aromatic carbocycles. The summed E-state index contributed by atoms with van der Waals surface area (Å²) < 4.78 is 10.3. The third kappa shape index (κ3) is 2.08. The third-order valence-corrected chi connectivity index (χ3v) is 1.49. The van der Waals surface area contributed by atoms with Gasteiger partial charge in [0.15, 0.2) is 0 Å². The van der Waals surface area contributed by atoms with Crippen LogP contribution in [0.4, 0.5) is 0 Å². The topological polar surface area (TPSA) is 35.5 Å². The van der Waals surface area contributed by atoms with Gasteiger partial charge in [-0.25, -0.2) is 0 Å². The number of carbonyl (C=O) groups is 1. The number of rotatable bonds is 3. The normalized spacial score (nSPS) is 28.3. The van der Waals surface area contributed by atoms with Crippen LogP contribution in [0.5, 0.6) is 0 Å². The first kappa shape index (κ1) is 7.69. The van der Waals surface area contributed by atoms with Gasteiger partial charge in [0.2, 0.25) is 0 Å². The summed E-state index contributed by atoms with van der Waals surface area (Å²) in [5.41, 5.74) is 0. The first-order valence-corrected chi connectivity index (χ1v) is 3.51. The summed E-state index contributed by atoms with van der Waals surface area (Å²) in [4.78, 5) is 10.1. The molecule has 1 heterocycles. The van der Waals surface area contributed by atoms with Gasteiger partial charge in [0.25, 0.3) is 0 Å². The summed E-state index contributed by atoms with van der Waals surface area (Å²) in [6, 6.07) is 0. The van der Waals surface area contributed by atoms with Gasteiger partial charge in [-0.2, -0.15) is 0 Å². The van der Waals surface area contributed by atoms with Crippen molar-refractivity contribution < 1.29 is 14.3 Å². The van der Waals surface area contributed by atoms with Gasteiger partial charge in [0.05, 0.1) is 12.7 Å². The fraction of sp³-hybridized carbons (Fsp3) is 0.857. The molecule has 1 unspecified atom stereocenters. The summed E-state index contributed by atoms with van der Waals surface area (Å²) in [5, 5.41) is 0. The molecule has 1 aliphatic rings. The van der Waals surface area contributed by atoms with Crippen molar-refractivity contribution in [2.75, 3.05) is 13.2 Å². The van der Waals surface area contributed by atoms with Gasteiger partial charge < -0.3 is 14.3 Å². The maximum Gasteiger partial charge on any atom is 0.148 e. The molecule has 3 heteroatoms. The molecule has 0 aromatic rings. The monoisotopic (exact) mass is 144 g/mol. The van der Waals surface area contributed by atoms with Gasteiger partial charge >= 0.3 is 0 Å². The van der Waals surface area contributed by atoms with E-state index >= 15 is 0 Å². The summed E-state index contributed by atoms with van der Waals surface area (Å²) in [6.07, 6.45) is 1.57. The second-order valence-corrected chi connectivity index (χ2v) is 2.46. The Morgan fingerprint density at radius 2 is 2.60 bits per heavy atom. The van der Waals surface area contributed by atoms with E-state index in [1.54, 1.807) is 6.92 Å². The molecule has 0 N–H and O–H groups in total. The predicted octanol–water partition coefficient (Wildman–Crippen LogP) is 0.379. The Morgan fingerprint density at radius 3 is 3.10 bits per heavy atom. The van der Waals surface area contributed by atoms with Crippen LogP contribution < -0.4 is 0 Å². The van der Waals surface area contributed by atoms with E-state index in [4.69, 9.17) is 9.47 Å². The Balaban J connectivity index is 2.17. The minimum absolute atomic E-state index is 0.139. The van der Waals surface area contributed by atoms with E-state index in [9.17, 15) is 4.79 Å². The standard InChI is InChI=1S/C7H12O3/c1-6(4-8)10-7-2-3-9-5-7/h4,6-7H,2-3,5H2,1H3/t6-,7?/m0/s1.